The summed E-state index contributed by atoms with van der Waals surface area (Å²) in [6.07, 6.45) is -0.320. The van der Waals surface area contributed by atoms with Crippen LogP contribution in [0.15, 0.2) is 30.3 Å². The minimum absolute atomic E-state index is 0.239. The van der Waals surface area contributed by atoms with Crippen molar-refractivity contribution in [2.24, 2.45) is 0 Å². The molecule has 2 rings (SSSR count). The summed E-state index contributed by atoms with van der Waals surface area (Å²) in [6.45, 7) is 2.97. The molecule has 0 saturated heterocycles. The molecule has 0 bridgehead atoms. The van der Waals surface area contributed by atoms with Crippen LogP contribution in [-0.2, 0) is 21.5 Å². The summed E-state index contributed by atoms with van der Waals surface area (Å²) in [7, 11) is 0. The Balaban J connectivity index is 2.65. The molecule has 1 heterocycles. The number of benzene rings is 1. The van der Waals surface area contributed by atoms with Crippen LogP contribution in [0.2, 0.25) is 0 Å². The van der Waals surface area contributed by atoms with E-state index >= 15 is 0 Å². The van der Waals surface area contributed by atoms with Crippen molar-refractivity contribution >= 4 is 11.9 Å². The third-order valence-electron chi connectivity index (χ3n) is 3.16. The summed E-state index contributed by atoms with van der Waals surface area (Å²) in [5.41, 5.74) is -0.0175. The van der Waals surface area contributed by atoms with E-state index in [1.165, 1.54) is 18.5 Å². The van der Waals surface area contributed by atoms with Gasteiger partial charge in [0.2, 0.25) is 0 Å². The van der Waals surface area contributed by atoms with Gasteiger partial charge in [-0.05, 0) is 13.8 Å². The Kier molecular flexibility index (Phi) is 3.75. The number of carboxylic acid groups (broad SMARTS) is 2. The fourth-order valence-electron chi connectivity index (χ4n) is 1.94. The maximum Gasteiger partial charge on any atom is 0.331 e. The summed E-state index contributed by atoms with van der Waals surface area (Å²) in [5.74, 6) is -2.13. The van der Waals surface area contributed by atoms with E-state index < -0.39 is 17.5 Å². The Morgan fingerprint density at radius 1 is 1.19 bits per heavy atom. The van der Waals surface area contributed by atoms with Crippen LogP contribution in [0.5, 0.6) is 0 Å². The van der Waals surface area contributed by atoms with Gasteiger partial charge in [-0.25, -0.2) is 9.48 Å². The van der Waals surface area contributed by atoms with Gasteiger partial charge >= 0.3 is 11.9 Å². The molecule has 0 atom stereocenters. The van der Waals surface area contributed by atoms with Gasteiger partial charge in [0.15, 0.2) is 5.54 Å². The van der Waals surface area contributed by atoms with Gasteiger partial charge in [-0.2, -0.15) is 0 Å². The Bertz CT molecular complexity index is 677. The number of carboxylic acids is 2. The van der Waals surface area contributed by atoms with Crippen molar-refractivity contribution in [3.05, 3.63) is 36.0 Å². The normalized spacial score (nSPS) is 11.3. The molecule has 110 valence electrons. The summed E-state index contributed by atoms with van der Waals surface area (Å²) < 4.78 is 1.25. The van der Waals surface area contributed by atoms with Gasteiger partial charge in [0.05, 0.1) is 12.1 Å². The molecule has 0 fully saturated rings. The molecule has 7 heteroatoms. The average molecular weight is 289 g/mol. The van der Waals surface area contributed by atoms with E-state index in [4.69, 9.17) is 5.11 Å². The summed E-state index contributed by atoms with van der Waals surface area (Å²) in [5, 5.41) is 26.0. The summed E-state index contributed by atoms with van der Waals surface area (Å²) >= 11 is 0. The van der Waals surface area contributed by atoms with Gasteiger partial charge < -0.3 is 10.2 Å². The van der Waals surface area contributed by atoms with E-state index in [9.17, 15) is 14.7 Å². The molecule has 0 amide bonds. The highest BCUT2D eigenvalue weighted by Crippen LogP contribution is 2.28. The highest BCUT2D eigenvalue weighted by Gasteiger charge is 2.34. The van der Waals surface area contributed by atoms with Gasteiger partial charge in [-0.3, -0.25) is 4.79 Å². The molecule has 0 unspecified atom stereocenters. The van der Waals surface area contributed by atoms with Gasteiger partial charge in [-0.1, -0.05) is 35.5 Å². The summed E-state index contributed by atoms with van der Waals surface area (Å²) in [4.78, 5) is 22.4. The van der Waals surface area contributed by atoms with Crippen molar-refractivity contribution in [2.45, 2.75) is 25.8 Å². The van der Waals surface area contributed by atoms with Crippen LogP contribution in [0.25, 0.3) is 11.3 Å². The first kappa shape index (κ1) is 14.7. The van der Waals surface area contributed by atoms with Crippen molar-refractivity contribution in [3.63, 3.8) is 0 Å². The topological polar surface area (TPSA) is 105 Å². The Labute approximate surface area is 120 Å². The fraction of sp³-hybridized carbons (Fsp3) is 0.286. The standard InChI is InChI=1S/C14H15N3O4/c1-14(2,13(20)21)17-12(9-6-4-3-5-7-9)10(15-16-17)8-11(18)19/h3-7H,8H2,1-2H3,(H,18,19)(H,20,21). The zero-order chi connectivity index (χ0) is 15.6. The zero-order valence-electron chi connectivity index (χ0n) is 11.6. The number of carbonyl (C=O) groups is 2. The molecule has 1 aromatic carbocycles. The molecule has 2 N–H and O–H groups in total. The molecule has 1 aromatic heterocycles. The number of hydrogen-bond acceptors (Lipinski definition) is 4. The van der Waals surface area contributed by atoms with E-state index in [-0.39, 0.29) is 12.1 Å². The first-order chi connectivity index (χ1) is 9.84. The molecule has 0 radical (unpaired) electrons. The van der Waals surface area contributed by atoms with Crippen LogP contribution >= 0.6 is 0 Å². The molecule has 0 aliphatic rings. The zero-order valence-corrected chi connectivity index (χ0v) is 11.6. The Morgan fingerprint density at radius 3 is 2.33 bits per heavy atom. The summed E-state index contributed by atoms with van der Waals surface area (Å²) in [6, 6.07) is 8.91. The van der Waals surface area contributed by atoms with Crippen molar-refractivity contribution in [2.75, 3.05) is 0 Å². The maximum atomic E-state index is 11.4. The molecule has 2 aromatic rings. The third-order valence-corrected chi connectivity index (χ3v) is 3.16. The third kappa shape index (κ3) is 2.76. The second kappa shape index (κ2) is 5.35. The molecular formula is C14H15N3O4. The van der Waals surface area contributed by atoms with Gasteiger partial charge in [0, 0.05) is 5.56 Å². The molecular weight excluding hydrogens is 274 g/mol. The van der Waals surface area contributed by atoms with Crippen LogP contribution in [0, 0.1) is 0 Å². The number of hydrogen-bond donors (Lipinski definition) is 2. The lowest BCUT2D eigenvalue weighted by molar-refractivity contribution is -0.146. The Morgan fingerprint density at radius 2 is 1.81 bits per heavy atom. The monoisotopic (exact) mass is 289 g/mol. The number of aliphatic carboxylic acids is 2. The van der Waals surface area contributed by atoms with Crippen molar-refractivity contribution in [1.29, 1.82) is 0 Å². The molecule has 0 aliphatic heterocycles. The second-order valence-electron chi connectivity index (χ2n) is 5.10. The average Bonchev–Trinajstić information content (AvgIpc) is 2.83. The maximum absolute atomic E-state index is 11.4. The predicted octanol–water partition coefficient (Wildman–Crippen LogP) is 1.39. The van der Waals surface area contributed by atoms with Gasteiger partial charge in [-0.15, -0.1) is 5.10 Å². The second-order valence-corrected chi connectivity index (χ2v) is 5.10. The van der Waals surface area contributed by atoms with Crippen molar-refractivity contribution < 1.29 is 19.8 Å². The van der Waals surface area contributed by atoms with Crippen LogP contribution < -0.4 is 0 Å². The van der Waals surface area contributed by atoms with Crippen LogP contribution in [0.3, 0.4) is 0 Å². The van der Waals surface area contributed by atoms with Gasteiger partial charge in [0.25, 0.3) is 0 Å². The molecule has 0 aliphatic carbocycles. The number of rotatable bonds is 5. The first-order valence-corrected chi connectivity index (χ1v) is 6.29. The van der Waals surface area contributed by atoms with E-state index in [0.29, 0.717) is 11.3 Å². The quantitative estimate of drug-likeness (QED) is 0.861. The molecule has 21 heavy (non-hydrogen) atoms. The smallest absolute Gasteiger partial charge is 0.331 e. The van der Waals surface area contributed by atoms with Gasteiger partial charge in [0.1, 0.15) is 5.69 Å². The van der Waals surface area contributed by atoms with E-state index in [0.717, 1.165) is 0 Å². The largest absolute Gasteiger partial charge is 0.481 e. The first-order valence-electron chi connectivity index (χ1n) is 6.29. The highest BCUT2D eigenvalue weighted by molar-refractivity contribution is 5.78. The van der Waals surface area contributed by atoms with E-state index in [2.05, 4.69) is 10.3 Å². The lowest BCUT2D eigenvalue weighted by Gasteiger charge is -2.22. The van der Waals surface area contributed by atoms with Crippen LogP contribution in [0.1, 0.15) is 19.5 Å². The molecule has 0 spiro atoms. The van der Waals surface area contributed by atoms with E-state index in [1.54, 1.807) is 24.3 Å². The fourth-order valence-corrected chi connectivity index (χ4v) is 1.94. The minimum Gasteiger partial charge on any atom is -0.481 e. The molecule has 0 saturated carbocycles. The van der Waals surface area contributed by atoms with Crippen molar-refractivity contribution in [3.8, 4) is 11.3 Å². The lowest BCUT2D eigenvalue weighted by atomic mass is 10.0. The number of nitrogens with zero attached hydrogens (tertiary/aromatic N) is 3. The predicted molar refractivity (Wildman–Crippen MR) is 73.8 cm³/mol. The van der Waals surface area contributed by atoms with Crippen LogP contribution in [-0.4, -0.2) is 37.1 Å². The SMILES string of the molecule is CC(C)(C(=O)O)n1nnc(CC(=O)O)c1-c1ccccc1. The highest BCUT2D eigenvalue weighted by atomic mass is 16.4. The van der Waals surface area contributed by atoms with Crippen LogP contribution in [0.4, 0.5) is 0 Å². The van der Waals surface area contributed by atoms with E-state index in [1.807, 2.05) is 6.07 Å². The Hall–Kier alpha value is -2.70. The minimum atomic E-state index is -1.34. The number of aromatic nitrogens is 3. The van der Waals surface area contributed by atoms with Crippen molar-refractivity contribution in [1.82, 2.24) is 15.0 Å². The molecule has 7 nitrogen and oxygen atoms in total. The lowest BCUT2D eigenvalue weighted by Crippen LogP contribution is -2.37.